The summed E-state index contributed by atoms with van der Waals surface area (Å²) in [6.45, 7) is 1.46. The fourth-order valence-corrected chi connectivity index (χ4v) is 3.73. The van der Waals surface area contributed by atoms with Gasteiger partial charge in [0.15, 0.2) is 5.82 Å². The van der Waals surface area contributed by atoms with E-state index in [9.17, 15) is 13.2 Å². The van der Waals surface area contributed by atoms with E-state index < -0.39 is 17.8 Å². The highest BCUT2D eigenvalue weighted by atomic mass is 19.4. The second-order valence-electron chi connectivity index (χ2n) is 6.85. The van der Waals surface area contributed by atoms with Gasteiger partial charge in [0.1, 0.15) is 6.04 Å². The van der Waals surface area contributed by atoms with Gasteiger partial charge in [0.25, 0.3) is 0 Å². The number of hydrogen-bond donors (Lipinski definition) is 0. The number of aromatic nitrogens is 4. The highest BCUT2D eigenvalue weighted by molar-refractivity contribution is 5.60. The zero-order chi connectivity index (χ0) is 20.4. The lowest BCUT2D eigenvalue weighted by atomic mass is 10.0. The molecule has 2 aromatic carbocycles. The molecule has 0 N–H and O–H groups in total. The summed E-state index contributed by atoms with van der Waals surface area (Å²) in [7, 11) is 1.57. The van der Waals surface area contributed by atoms with Gasteiger partial charge in [-0.2, -0.15) is 13.2 Å². The van der Waals surface area contributed by atoms with Crippen LogP contribution >= 0.6 is 0 Å². The van der Waals surface area contributed by atoms with Crippen LogP contribution in [0.25, 0.3) is 0 Å². The maximum atomic E-state index is 13.4. The van der Waals surface area contributed by atoms with Gasteiger partial charge in [0.05, 0.1) is 18.7 Å². The van der Waals surface area contributed by atoms with Crippen molar-refractivity contribution in [2.45, 2.75) is 25.2 Å². The molecule has 0 bridgehead atoms. The molecule has 2 heterocycles. The summed E-state index contributed by atoms with van der Waals surface area (Å²) < 4.78 is 46.8. The minimum atomic E-state index is -4.43. The quantitative estimate of drug-likeness (QED) is 0.631. The first kappa shape index (κ1) is 19.4. The Labute approximate surface area is 165 Å². The van der Waals surface area contributed by atoms with Gasteiger partial charge in [-0.15, -0.1) is 5.10 Å². The van der Waals surface area contributed by atoms with Crippen molar-refractivity contribution < 1.29 is 17.9 Å². The first-order valence-corrected chi connectivity index (χ1v) is 9.25. The summed E-state index contributed by atoms with van der Waals surface area (Å²) in [5, 5.41) is 12.0. The van der Waals surface area contributed by atoms with Gasteiger partial charge in [-0.25, -0.2) is 4.68 Å². The Balaban J connectivity index is 1.82. The van der Waals surface area contributed by atoms with Gasteiger partial charge in [0.2, 0.25) is 0 Å². The van der Waals surface area contributed by atoms with E-state index in [0.29, 0.717) is 31.1 Å². The summed E-state index contributed by atoms with van der Waals surface area (Å²) in [4.78, 5) is 2.07. The molecule has 0 amide bonds. The van der Waals surface area contributed by atoms with Gasteiger partial charge in [-0.1, -0.05) is 30.3 Å². The molecule has 9 heteroatoms. The smallest absolute Gasteiger partial charge is 0.383 e. The van der Waals surface area contributed by atoms with Crippen molar-refractivity contribution in [3.63, 3.8) is 0 Å². The molecule has 1 atom stereocenters. The Bertz CT molecular complexity index is 988. The number of hydrogen-bond acceptors (Lipinski definition) is 5. The van der Waals surface area contributed by atoms with Crippen LogP contribution in [0.2, 0.25) is 0 Å². The molecule has 0 fully saturated rings. The van der Waals surface area contributed by atoms with Crippen molar-refractivity contribution in [1.29, 1.82) is 0 Å². The zero-order valence-corrected chi connectivity index (χ0v) is 15.8. The number of para-hydroxylation sites is 1. The number of tetrazole rings is 1. The van der Waals surface area contributed by atoms with E-state index >= 15 is 0 Å². The molecule has 1 aliphatic heterocycles. The monoisotopic (exact) mass is 403 g/mol. The van der Waals surface area contributed by atoms with E-state index in [4.69, 9.17) is 4.74 Å². The predicted octanol–water partition coefficient (Wildman–Crippen LogP) is 3.49. The number of ether oxygens (including phenoxy) is 1. The third-order valence-corrected chi connectivity index (χ3v) is 5.08. The standard InChI is InChI=1S/C20H20F3N5O/c1-29-12-11-28-19(24-25-26-28)18(15-6-4-7-16(13-15)20(21,22)23)27-10-9-14-5-2-3-8-17(14)27/h2-8,13,18H,9-12H2,1H3/t18-/m0/s1. The molecule has 0 saturated heterocycles. The number of alkyl halides is 3. The Morgan fingerprint density at radius 1 is 1.14 bits per heavy atom. The van der Waals surface area contributed by atoms with Crippen LogP contribution < -0.4 is 4.90 Å². The van der Waals surface area contributed by atoms with Gasteiger partial charge in [-0.3, -0.25) is 0 Å². The lowest BCUT2D eigenvalue weighted by Crippen LogP contribution is -2.31. The molecule has 3 aromatic rings. The summed E-state index contributed by atoms with van der Waals surface area (Å²) in [6.07, 6.45) is -3.61. The van der Waals surface area contributed by atoms with Gasteiger partial charge in [0, 0.05) is 19.3 Å². The number of rotatable bonds is 6. The first-order chi connectivity index (χ1) is 14.0. The minimum absolute atomic E-state index is 0.393. The van der Waals surface area contributed by atoms with Crippen molar-refractivity contribution >= 4 is 5.69 Å². The molecule has 1 aliphatic rings. The average molecular weight is 403 g/mol. The fraction of sp³-hybridized carbons (Fsp3) is 0.350. The first-order valence-electron chi connectivity index (χ1n) is 9.25. The highest BCUT2D eigenvalue weighted by Gasteiger charge is 2.35. The van der Waals surface area contributed by atoms with E-state index in [-0.39, 0.29) is 0 Å². The molecule has 0 radical (unpaired) electrons. The van der Waals surface area contributed by atoms with E-state index in [0.717, 1.165) is 23.7 Å². The zero-order valence-electron chi connectivity index (χ0n) is 15.8. The SMILES string of the molecule is COCCn1nnnc1[C@H](c1cccc(C(F)(F)F)c1)N1CCc2ccccc21. The molecule has 0 spiro atoms. The number of anilines is 1. The molecule has 29 heavy (non-hydrogen) atoms. The maximum absolute atomic E-state index is 13.4. The van der Waals surface area contributed by atoms with Crippen molar-refractivity contribution in [2.24, 2.45) is 0 Å². The number of nitrogens with zero attached hydrogens (tertiary/aromatic N) is 5. The van der Waals surface area contributed by atoms with E-state index in [1.807, 2.05) is 24.3 Å². The molecule has 0 unspecified atom stereocenters. The van der Waals surface area contributed by atoms with Crippen molar-refractivity contribution in [2.75, 3.05) is 25.2 Å². The van der Waals surface area contributed by atoms with Crippen LogP contribution in [0.5, 0.6) is 0 Å². The Kier molecular flexibility index (Phi) is 5.23. The minimum Gasteiger partial charge on any atom is -0.383 e. The summed E-state index contributed by atoms with van der Waals surface area (Å²) in [6, 6.07) is 12.7. The van der Waals surface area contributed by atoms with Gasteiger partial charge >= 0.3 is 6.18 Å². The van der Waals surface area contributed by atoms with Crippen LogP contribution in [-0.2, 0) is 23.9 Å². The van der Waals surface area contributed by atoms with E-state index in [1.165, 1.54) is 12.1 Å². The average Bonchev–Trinajstić information content (AvgIpc) is 3.34. The van der Waals surface area contributed by atoms with Crippen molar-refractivity contribution in [1.82, 2.24) is 20.2 Å². The van der Waals surface area contributed by atoms with Crippen LogP contribution in [0.1, 0.15) is 28.6 Å². The Hall–Kier alpha value is -2.94. The molecular formula is C20H20F3N5O. The van der Waals surface area contributed by atoms with Crippen LogP contribution in [-0.4, -0.2) is 40.5 Å². The summed E-state index contributed by atoms with van der Waals surface area (Å²) in [5.74, 6) is 0.484. The lowest BCUT2D eigenvalue weighted by molar-refractivity contribution is -0.137. The van der Waals surface area contributed by atoms with Gasteiger partial charge < -0.3 is 9.64 Å². The Morgan fingerprint density at radius 2 is 1.97 bits per heavy atom. The second kappa shape index (κ2) is 7.82. The molecule has 152 valence electrons. The largest absolute Gasteiger partial charge is 0.416 e. The second-order valence-corrected chi connectivity index (χ2v) is 6.85. The molecule has 4 rings (SSSR count). The normalized spacial score (nSPS) is 14.8. The van der Waals surface area contributed by atoms with E-state index in [2.05, 4.69) is 20.4 Å². The third kappa shape index (κ3) is 3.82. The van der Waals surface area contributed by atoms with Crippen LogP contribution in [0.4, 0.5) is 18.9 Å². The molecule has 0 aliphatic carbocycles. The predicted molar refractivity (Wildman–Crippen MR) is 100 cm³/mol. The number of methoxy groups -OCH3 is 1. The van der Waals surface area contributed by atoms with Crippen LogP contribution in [0, 0.1) is 0 Å². The summed E-state index contributed by atoms with van der Waals surface area (Å²) >= 11 is 0. The highest BCUT2D eigenvalue weighted by Crippen LogP contribution is 2.39. The maximum Gasteiger partial charge on any atom is 0.416 e. The molecule has 1 aromatic heterocycles. The third-order valence-electron chi connectivity index (χ3n) is 5.08. The molecular weight excluding hydrogens is 383 g/mol. The van der Waals surface area contributed by atoms with Crippen molar-refractivity contribution in [3.05, 3.63) is 71.0 Å². The number of halogens is 3. The van der Waals surface area contributed by atoms with E-state index in [1.54, 1.807) is 17.9 Å². The number of fused-ring (bicyclic) bond motifs is 1. The summed E-state index contributed by atoms with van der Waals surface area (Å²) in [5.41, 5.74) is 1.94. The number of benzene rings is 2. The molecule has 0 saturated carbocycles. The van der Waals surface area contributed by atoms with Crippen molar-refractivity contribution in [3.8, 4) is 0 Å². The fourth-order valence-electron chi connectivity index (χ4n) is 3.73. The topological polar surface area (TPSA) is 56.1 Å². The Morgan fingerprint density at radius 3 is 2.76 bits per heavy atom. The van der Waals surface area contributed by atoms with Gasteiger partial charge in [-0.05, 0) is 46.2 Å². The molecule has 6 nitrogen and oxygen atoms in total. The lowest BCUT2D eigenvalue weighted by Gasteiger charge is -2.30. The van der Waals surface area contributed by atoms with Crippen LogP contribution in [0.3, 0.4) is 0 Å². The van der Waals surface area contributed by atoms with Crippen LogP contribution in [0.15, 0.2) is 48.5 Å².